The fourth-order valence-electron chi connectivity index (χ4n) is 5.95. The van der Waals surface area contributed by atoms with E-state index in [2.05, 4.69) is 75.1 Å². The van der Waals surface area contributed by atoms with E-state index in [9.17, 15) is 9.90 Å². The average Bonchev–Trinajstić information content (AvgIpc) is 2.95. The van der Waals surface area contributed by atoms with Crippen LogP contribution in [0.1, 0.15) is 80.2 Å². The Morgan fingerprint density at radius 1 is 0.951 bits per heavy atom. The molecule has 1 N–H and O–H groups in total. The van der Waals surface area contributed by atoms with Gasteiger partial charge in [-0.1, -0.05) is 83.2 Å². The van der Waals surface area contributed by atoms with Crippen LogP contribution in [0.4, 0.5) is 0 Å². The second kappa shape index (κ2) is 18.6. The van der Waals surface area contributed by atoms with Crippen molar-refractivity contribution in [1.82, 2.24) is 0 Å². The highest BCUT2D eigenvalue weighted by Crippen LogP contribution is 2.44. The normalized spacial score (nSPS) is 16.5. The lowest BCUT2D eigenvalue weighted by Gasteiger charge is -2.45. The second-order valence-electron chi connectivity index (χ2n) is 12.0. The monoisotopic (exact) mass is 706 g/mol. The fraction of sp³-hybridized carbons (Fsp3) is 0.719. The fourth-order valence-corrected chi connectivity index (χ4v) is 12.0. The van der Waals surface area contributed by atoms with Crippen molar-refractivity contribution >= 4 is 36.9 Å². The molecule has 1 aromatic rings. The zero-order valence-electron chi connectivity index (χ0n) is 27.1. The standard InChI is InChI=1S/C32H55IO7Si/c1-21(2)41(22(3)4,23(5)6)40-28(18-29(37-10)25(8)19-33)15-12-24(7)30(34)31(32(35)38-11)39-20-26-13-16-27(36-9)17-14-26/h13-14,16-17,19,21-24,28-31,34H,12,15,18,20H2,1-11H3/b25-19+/t24-,28+,29+,30+,31-/m1/s1. The second-order valence-corrected chi connectivity index (χ2v) is 18.0. The molecule has 0 aromatic heterocycles. The summed E-state index contributed by atoms with van der Waals surface area (Å²) in [4.78, 5) is 12.7. The summed E-state index contributed by atoms with van der Waals surface area (Å²) in [5.74, 6) is -0.0710. The zero-order chi connectivity index (χ0) is 31.3. The number of methoxy groups -OCH3 is 3. The summed E-state index contributed by atoms with van der Waals surface area (Å²) < 4.78 is 31.3. The highest BCUT2D eigenvalue weighted by atomic mass is 127. The van der Waals surface area contributed by atoms with Crippen LogP contribution >= 0.6 is 22.6 Å². The van der Waals surface area contributed by atoms with E-state index in [1.807, 2.05) is 31.2 Å². The Morgan fingerprint density at radius 2 is 1.51 bits per heavy atom. The summed E-state index contributed by atoms with van der Waals surface area (Å²) >= 11 is 2.26. The highest BCUT2D eigenvalue weighted by Gasteiger charge is 2.47. The Balaban J connectivity index is 3.14. The minimum Gasteiger partial charge on any atom is -0.497 e. The molecule has 1 aromatic carbocycles. The molecular formula is C32H55IO7Si. The number of halogens is 1. The lowest BCUT2D eigenvalue weighted by molar-refractivity contribution is -0.166. The average molecular weight is 707 g/mol. The number of hydrogen-bond acceptors (Lipinski definition) is 7. The number of hydrogen-bond donors (Lipinski definition) is 1. The molecule has 236 valence electrons. The van der Waals surface area contributed by atoms with E-state index in [1.165, 1.54) is 12.7 Å². The number of aliphatic hydroxyl groups is 1. The van der Waals surface area contributed by atoms with Gasteiger partial charge >= 0.3 is 5.97 Å². The molecule has 5 atom stereocenters. The number of carbonyl (C=O) groups is 1. The van der Waals surface area contributed by atoms with Crippen molar-refractivity contribution in [2.75, 3.05) is 21.3 Å². The summed E-state index contributed by atoms with van der Waals surface area (Å²) in [5.41, 5.74) is 3.38. The summed E-state index contributed by atoms with van der Waals surface area (Å²) in [6.45, 7) is 18.0. The van der Waals surface area contributed by atoms with Gasteiger partial charge in [-0.15, -0.1) is 0 Å². The third-order valence-electron chi connectivity index (χ3n) is 8.38. The van der Waals surface area contributed by atoms with Gasteiger partial charge < -0.3 is 28.5 Å². The van der Waals surface area contributed by atoms with Crippen molar-refractivity contribution in [1.29, 1.82) is 0 Å². The van der Waals surface area contributed by atoms with Crippen LogP contribution in [0.5, 0.6) is 5.75 Å². The Labute approximate surface area is 264 Å². The molecule has 0 bridgehead atoms. The number of aliphatic hydroxyl groups excluding tert-OH is 1. The summed E-state index contributed by atoms with van der Waals surface area (Å²) in [6.07, 6.45) is -0.0870. The van der Waals surface area contributed by atoms with E-state index in [0.29, 0.717) is 23.0 Å². The van der Waals surface area contributed by atoms with Crippen LogP contribution in [0, 0.1) is 5.92 Å². The molecule has 41 heavy (non-hydrogen) atoms. The lowest BCUT2D eigenvalue weighted by atomic mass is 9.92. The van der Waals surface area contributed by atoms with Gasteiger partial charge in [0, 0.05) is 19.6 Å². The zero-order valence-corrected chi connectivity index (χ0v) is 30.3. The first kappa shape index (κ1) is 38.0. The third-order valence-corrected chi connectivity index (χ3v) is 15.5. The quantitative estimate of drug-likeness (QED) is 0.0892. The van der Waals surface area contributed by atoms with Crippen molar-refractivity contribution < 1.29 is 33.3 Å². The SMILES string of the molecule is COC(=O)[C@H](OCc1ccc(OC)cc1)[C@@H](O)[C@H](C)CC[C@@H](C[C@H](OC)/C(C)=C/I)O[Si](C(C)C)(C(C)C)C(C)C. The van der Waals surface area contributed by atoms with E-state index in [4.69, 9.17) is 23.4 Å². The molecule has 0 aliphatic rings. The van der Waals surface area contributed by atoms with Crippen LogP contribution in [-0.4, -0.2) is 65.1 Å². The minimum absolute atomic E-state index is 0.0449. The largest absolute Gasteiger partial charge is 0.497 e. The van der Waals surface area contributed by atoms with Gasteiger partial charge in [-0.25, -0.2) is 4.79 Å². The molecule has 0 radical (unpaired) electrons. The molecule has 9 heteroatoms. The van der Waals surface area contributed by atoms with Crippen molar-refractivity contribution in [2.24, 2.45) is 5.92 Å². The van der Waals surface area contributed by atoms with Gasteiger partial charge in [0.15, 0.2) is 6.10 Å². The molecule has 0 heterocycles. The molecular weight excluding hydrogens is 651 g/mol. The Bertz CT molecular complexity index is 897. The maximum atomic E-state index is 12.7. The summed E-state index contributed by atoms with van der Waals surface area (Å²) in [7, 11) is 2.51. The van der Waals surface area contributed by atoms with Gasteiger partial charge in [0.2, 0.25) is 8.32 Å². The van der Waals surface area contributed by atoms with Gasteiger partial charge in [-0.3, -0.25) is 0 Å². The van der Waals surface area contributed by atoms with E-state index in [-0.39, 0.29) is 24.7 Å². The summed E-state index contributed by atoms with van der Waals surface area (Å²) in [5, 5.41) is 11.3. The maximum Gasteiger partial charge on any atom is 0.337 e. The first-order valence-electron chi connectivity index (χ1n) is 14.8. The van der Waals surface area contributed by atoms with E-state index >= 15 is 0 Å². The predicted molar refractivity (Wildman–Crippen MR) is 177 cm³/mol. The van der Waals surface area contributed by atoms with Crippen LogP contribution in [-0.2, 0) is 30.0 Å². The molecule has 0 saturated carbocycles. The van der Waals surface area contributed by atoms with Gasteiger partial charge in [0.1, 0.15) is 5.75 Å². The molecule has 0 aliphatic carbocycles. The molecule has 1 rings (SSSR count). The first-order valence-corrected chi connectivity index (χ1v) is 18.1. The Kier molecular flexibility index (Phi) is 17.3. The van der Waals surface area contributed by atoms with E-state index in [0.717, 1.165) is 24.2 Å². The van der Waals surface area contributed by atoms with Gasteiger partial charge in [0.05, 0.1) is 33.0 Å². The van der Waals surface area contributed by atoms with Crippen LogP contribution < -0.4 is 4.74 Å². The Hall–Kier alpha value is -0.983. The van der Waals surface area contributed by atoms with E-state index < -0.39 is 26.5 Å². The van der Waals surface area contributed by atoms with E-state index in [1.54, 1.807) is 14.2 Å². The molecule has 0 aliphatic heterocycles. The van der Waals surface area contributed by atoms with Gasteiger partial charge in [-0.2, -0.15) is 0 Å². The van der Waals surface area contributed by atoms with Crippen LogP contribution in [0.2, 0.25) is 16.6 Å². The molecule has 0 amide bonds. The molecule has 0 fully saturated rings. The number of esters is 1. The Morgan fingerprint density at radius 3 is 1.95 bits per heavy atom. The molecule has 0 saturated heterocycles. The van der Waals surface area contributed by atoms with Crippen LogP contribution in [0.15, 0.2) is 33.9 Å². The van der Waals surface area contributed by atoms with Gasteiger partial charge in [0.25, 0.3) is 0 Å². The lowest BCUT2D eigenvalue weighted by Crippen LogP contribution is -2.51. The van der Waals surface area contributed by atoms with Crippen molar-refractivity contribution in [3.05, 3.63) is 39.5 Å². The third kappa shape index (κ3) is 10.9. The smallest absolute Gasteiger partial charge is 0.337 e. The maximum absolute atomic E-state index is 12.7. The number of ether oxygens (including phenoxy) is 4. The van der Waals surface area contributed by atoms with Gasteiger partial charge in [-0.05, 0) is 69.7 Å². The predicted octanol–water partition coefficient (Wildman–Crippen LogP) is 7.84. The highest BCUT2D eigenvalue weighted by molar-refractivity contribution is 14.1. The number of carbonyl (C=O) groups excluding carboxylic acids is 1. The summed E-state index contributed by atoms with van der Waals surface area (Å²) in [6, 6.07) is 7.42. The first-order chi connectivity index (χ1) is 19.3. The number of benzene rings is 1. The van der Waals surface area contributed by atoms with Crippen LogP contribution in [0.3, 0.4) is 0 Å². The molecule has 0 unspecified atom stereocenters. The topological polar surface area (TPSA) is 83.5 Å². The molecule has 7 nitrogen and oxygen atoms in total. The van der Waals surface area contributed by atoms with Crippen molar-refractivity contribution in [3.63, 3.8) is 0 Å². The van der Waals surface area contributed by atoms with Crippen LogP contribution in [0.25, 0.3) is 0 Å². The molecule has 0 spiro atoms. The van der Waals surface area contributed by atoms with Crippen molar-refractivity contribution in [3.8, 4) is 5.75 Å². The minimum atomic E-state index is -2.16. The number of rotatable bonds is 19. The van der Waals surface area contributed by atoms with Crippen molar-refractivity contribution in [2.45, 2.75) is 122 Å².